The highest BCUT2D eigenvalue weighted by Gasteiger charge is 2.24. The largest absolute Gasteiger partial charge is 0.451 e. The number of hydrogen-bond donors (Lipinski definition) is 2. The Labute approximate surface area is 126 Å². The molecule has 0 saturated heterocycles. The summed E-state index contributed by atoms with van der Waals surface area (Å²) in [4.78, 5) is 12.3. The second kappa shape index (κ2) is 5.58. The van der Waals surface area contributed by atoms with Crippen molar-refractivity contribution in [1.82, 2.24) is 5.32 Å². The average Bonchev–Trinajstić information content (AvgIpc) is 2.66. The molecule has 1 heterocycles. The lowest BCUT2D eigenvalue weighted by atomic mass is 10.0. The predicted molar refractivity (Wildman–Crippen MR) is 81.9 cm³/mol. The van der Waals surface area contributed by atoms with Crippen molar-refractivity contribution in [1.29, 1.82) is 0 Å². The van der Waals surface area contributed by atoms with Crippen molar-refractivity contribution in [3.63, 3.8) is 0 Å². The number of aliphatic hydroxyl groups excluding tert-OH is 1. The highest BCUT2D eigenvalue weighted by atomic mass is 79.9. The number of carbonyl (C=O) groups excluding carboxylic acids is 1. The van der Waals surface area contributed by atoms with Crippen LogP contribution in [0.25, 0.3) is 11.0 Å². The highest BCUT2D eigenvalue weighted by Crippen LogP contribution is 2.28. The second-order valence-corrected chi connectivity index (χ2v) is 6.42. The number of nitrogens with one attached hydrogen (secondary N) is 1. The molecule has 0 aliphatic heterocycles. The molecule has 1 amide bonds. The summed E-state index contributed by atoms with van der Waals surface area (Å²) in [6.07, 6.45) is 0.490. The van der Waals surface area contributed by atoms with E-state index in [-0.39, 0.29) is 12.5 Å². The first-order valence-electron chi connectivity index (χ1n) is 6.46. The van der Waals surface area contributed by atoms with Crippen LogP contribution in [0.1, 0.15) is 36.4 Å². The third-order valence-corrected chi connectivity index (χ3v) is 3.79. The van der Waals surface area contributed by atoms with E-state index >= 15 is 0 Å². The Balaban J connectivity index is 2.33. The van der Waals surface area contributed by atoms with Crippen LogP contribution in [0.4, 0.5) is 0 Å². The molecule has 5 heteroatoms. The molecule has 0 bridgehead atoms. The normalized spacial score (nSPS) is 11.8. The summed E-state index contributed by atoms with van der Waals surface area (Å²) in [5.74, 6) is 0.0670. The lowest BCUT2D eigenvalue weighted by Crippen LogP contribution is -2.44. The van der Waals surface area contributed by atoms with E-state index < -0.39 is 5.54 Å². The van der Waals surface area contributed by atoms with Gasteiger partial charge < -0.3 is 14.8 Å². The topological polar surface area (TPSA) is 62.5 Å². The third-order valence-electron chi connectivity index (χ3n) is 3.29. The SMILES string of the molecule is Cc1c(C(=O)NC(C)(C)CCO)oc2ccc(Br)cc12. The van der Waals surface area contributed by atoms with E-state index in [4.69, 9.17) is 9.52 Å². The number of furan rings is 1. The number of hydrogen-bond acceptors (Lipinski definition) is 3. The minimum Gasteiger partial charge on any atom is -0.451 e. The van der Waals surface area contributed by atoms with Crippen molar-refractivity contribution in [3.8, 4) is 0 Å². The summed E-state index contributed by atoms with van der Waals surface area (Å²) in [7, 11) is 0. The van der Waals surface area contributed by atoms with Crippen LogP contribution < -0.4 is 5.32 Å². The maximum absolute atomic E-state index is 12.3. The number of fused-ring (bicyclic) bond motifs is 1. The van der Waals surface area contributed by atoms with Gasteiger partial charge in [0.25, 0.3) is 5.91 Å². The molecule has 0 radical (unpaired) electrons. The van der Waals surface area contributed by atoms with Crippen LogP contribution in [0.2, 0.25) is 0 Å². The van der Waals surface area contributed by atoms with Crippen LogP contribution in [0.3, 0.4) is 0 Å². The van der Waals surface area contributed by atoms with Crippen LogP contribution >= 0.6 is 15.9 Å². The Morgan fingerprint density at radius 2 is 2.15 bits per heavy atom. The molecule has 0 unspecified atom stereocenters. The first kappa shape index (κ1) is 15.1. The zero-order chi connectivity index (χ0) is 14.9. The minimum absolute atomic E-state index is 0.0271. The Morgan fingerprint density at radius 3 is 2.80 bits per heavy atom. The van der Waals surface area contributed by atoms with Gasteiger partial charge in [0.15, 0.2) is 5.76 Å². The summed E-state index contributed by atoms with van der Waals surface area (Å²) in [6, 6.07) is 5.65. The maximum atomic E-state index is 12.3. The minimum atomic E-state index is -0.474. The van der Waals surface area contributed by atoms with Gasteiger partial charge in [-0.3, -0.25) is 4.79 Å². The van der Waals surface area contributed by atoms with Crippen molar-refractivity contribution >= 4 is 32.8 Å². The van der Waals surface area contributed by atoms with Gasteiger partial charge in [0.1, 0.15) is 5.58 Å². The summed E-state index contributed by atoms with van der Waals surface area (Å²) in [6.45, 7) is 5.64. The fourth-order valence-electron chi connectivity index (χ4n) is 2.12. The first-order valence-corrected chi connectivity index (χ1v) is 7.25. The highest BCUT2D eigenvalue weighted by molar-refractivity contribution is 9.10. The van der Waals surface area contributed by atoms with Gasteiger partial charge >= 0.3 is 0 Å². The van der Waals surface area contributed by atoms with Crippen LogP contribution in [0.5, 0.6) is 0 Å². The molecule has 0 atom stereocenters. The van der Waals surface area contributed by atoms with Gasteiger partial charge in [0.2, 0.25) is 0 Å². The Hall–Kier alpha value is -1.33. The van der Waals surface area contributed by atoms with Gasteiger partial charge in [0.05, 0.1) is 0 Å². The van der Waals surface area contributed by atoms with Gasteiger partial charge in [0, 0.05) is 27.6 Å². The molecule has 0 saturated carbocycles. The summed E-state index contributed by atoms with van der Waals surface area (Å²) in [5, 5.41) is 12.8. The monoisotopic (exact) mass is 339 g/mol. The second-order valence-electron chi connectivity index (χ2n) is 5.51. The molecule has 108 valence electrons. The molecule has 2 rings (SSSR count). The molecule has 0 fully saturated rings. The van der Waals surface area contributed by atoms with Crippen molar-refractivity contribution in [2.24, 2.45) is 0 Å². The van der Waals surface area contributed by atoms with Gasteiger partial charge in [-0.05, 0) is 45.4 Å². The van der Waals surface area contributed by atoms with Gasteiger partial charge in [-0.1, -0.05) is 15.9 Å². The Kier molecular flexibility index (Phi) is 4.20. The zero-order valence-corrected chi connectivity index (χ0v) is 13.4. The van der Waals surface area contributed by atoms with Crippen molar-refractivity contribution in [2.75, 3.05) is 6.61 Å². The van der Waals surface area contributed by atoms with E-state index in [0.29, 0.717) is 17.8 Å². The van der Waals surface area contributed by atoms with E-state index in [1.165, 1.54) is 0 Å². The molecule has 4 nitrogen and oxygen atoms in total. The summed E-state index contributed by atoms with van der Waals surface area (Å²) in [5.41, 5.74) is 1.03. The van der Waals surface area contributed by atoms with E-state index in [2.05, 4.69) is 21.2 Å². The molecule has 1 aromatic heterocycles. The van der Waals surface area contributed by atoms with E-state index in [0.717, 1.165) is 15.4 Å². The van der Waals surface area contributed by atoms with E-state index in [1.807, 2.05) is 39.0 Å². The maximum Gasteiger partial charge on any atom is 0.287 e. The number of carbonyl (C=O) groups is 1. The number of benzene rings is 1. The molecule has 0 spiro atoms. The fourth-order valence-corrected chi connectivity index (χ4v) is 2.48. The molecule has 20 heavy (non-hydrogen) atoms. The van der Waals surface area contributed by atoms with Crippen LogP contribution in [0, 0.1) is 6.92 Å². The Bertz CT molecular complexity index is 646. The van der Waals surface area contributed by atoms with Crippen LogP contribution in [-0.2, 0) is 0 Å². The summed E-state index contributed by atoms with van der Waals surface area (Å²) >= 11 is 3.41. The zero-order valence-electron chi connectivity index (χ0n) is 11.8. The standard InChI is InChI=1S/C15H18BrNO3/c1-9-11-8-10(16)4-5-12(11)20-13(9)14(19)17-15(2,3)6-7-18/h4-5,8,18H,6-7H2,1-3H3,(H,17,19). The predicted octanol–water partition coefficient (Wildman–Crippen LogP) is 3.39. The van der Waals surface area contributed by atoms with E-state index in [1.54, 1.807) is 0 Å². The number of aliphatic hydroxyl groups is 1. The van der Waals surface area contributed by atoms with Crippen molar-refractivity contribution < 1.29 is 14.3 Å². The van der Waals surface area contributed by atoms with Gasteiger partial charge in [-0.2, -0.15) is 0 Å². The van der Waals surface area contributed by atoms with Crippen molar-refractivity contribution in [2.45, 2.75) is 32.7 Å². The fraction of sp³-hybridized carbons (Fsp3) is 0.400. The molecule has 0 aliphatic rings. The van der Waals surface area contributed by atoms with Gasteiger partial charge in [-0.25, -0.2) is 0 Å². The first-order chi connectivity index (χ1) is 9.34. The summed E-state index contributed by atoms with van der Waals surface area (Å²) < 4.78 is 6.59. The Morgan fingerprint density at radius 1 is 1.45 bits per heavy atom. The molecule has 0 aliphatic carbocycles. The number of rotatable bonds is 4. The van der Waals surface area contributed by atoms with Crippen LogP contribution in [0.15, 0.2) is 27.1 Å². The molecule has 2 N–H and O–H groups in total. The lowest BCUT2D eigenvalue weighted by molar-refractivity contribution is 0.0872. The molecular formula is C15H18BrNO3. The third kappa shape index (κ3) is 3.04. The van der Waals surface area contributed by atoms with Crippen molar-refractivity contribution in [3.05, 3.63) is 34.0 Å². The molecular weight excluding hydrogens is 322 g/mol. The smallest absolute Gasteiger partial charge is 0.287 e. The molecule has 1 aromatic carbocycles. The average molecular weight is 340 g/mol. The van der Waals surface area contributed by atoms with E-state index in [9.17, 15) is 4.79 Å². The van der Waals surface area contributed by atoms with Gasteiger partial charge in [-0.15, -0.1) is 0 Å². The number of amides is 1. The number of halogens is 1. The van der Waals surface area contributed by atoms with Crippen LogP contribution in [-0.4, -0.2) is 23.2 Å². The molecule has 2 aromatic rings. The quantitative estimate of drug-likeness (QED) is 0.897. The number of aryl methyl sites for hydroxylation is 1. The lowest BCUT2D eigenvalue weighted by Gasteiger charge is -2.24.